The largest absolute Gasteiger partial charge is 0.455 e. The third-order valence-corrected chi connectivity index (χ3v) is 13.1. The van der Waals surface area contributed by atoms with Crippen molar-refractivity contribution in [3.05, 3.63) is 60.7 Å². The number of thiocarbonyl (C=S) groups is 2. The molecule has 0 spiro atoms. The van der Waals surface area contributed by atoms with Crippen LogP contribution in [-0.4, -0.2) is 39.9 Å². The van der Waals surface area contributed by atoms with E-state index in [9.17, 15) is 0 Å². The van der Waals surface area contributed by atoms with Crippen molar-refractivity contribution in [1.29, 1.82) is 0 Å². The van der Waals surface area contributed by atoms with E-state index in [0.29, 0.717) is 10.2 Å². The second-order valence-electron chi connectivity index (χ2n) is 9.32. The first-order valence-electron chi connectivity index (χ1n) is 11.6. The predicted molar refractivity (Wildman–Crippen MR) is 156 cm³/mol. The Balaban J connectivity index is 1.60. The lowest BCUT2D eigenvalue weighted by molar-refractivity contribution is 0.529. The topological polar surface area (TPSA) is 57.4 Å². The van der Waals surface area contributed by atoms with E-state index in [1.165, 1.54) is 0 Å². The van der Waals surface area contributed by atoms with Crippen LogP contribution in [0.3, 0.4) is 0 Å². The summed E-state index contributed by atoms with van der Waals surface area (Å²) in [7, 11) is -3.44. The summed E-state index contributed by atoms with van der Waals surface area (Å²) in [6.45, 7) is 11.0. The Kier molecular flexibility index (Phi) is 11.5. The molecule has 0 unspecified atom stereocenters. The van der Waals surface area contributed by atoms with Gasteiger partial charge in [0.1, 0.15) is 0 Å². The summed E-state index contributed by atoms with van der Waals surface area (Å²) in [5, 5.41) is 14.4. The molecule has 4 N–H and O–H groups in total. The van der Waals surface area contributed by atoms with Crippen LogP contribution in [-0.2, 0) is 4.12 Å². The number of benzene rings is 2. The van der Waals surface area contributed by atoms with E-state index in [4.69, 9.17) is 28.6 Å². The highest BCUT2D eigenvalue weighted by molar-refractivity contribution is 7.80. The molecular weight excluding hydrogens is 481 g/mol. The Bertz CT molecular complexity index is 796. The fourth-order valence-electron chi connectivity index (χ4n) is 3.68. The summed E-state index contributed by atoms with van der Waals surface area (Å²) in [6.07, 6.45) is 2.11. The molecule has 33 heavy (non-hydrogen) atoms. The molecule has 0 heterocycles. The number of hydrogen-bond donors (Lipinski definition) is 4. The number of anilines is 2. The van der Waals surface area contributed by atoms with Gasteiger partial charge in [0.15, 0.2) is 26.9 Å². The van der Waals surface area contributed by atoms with Crippen molar-refractivity contribution in [2.75, 3.05) is 23.7 Å². The zero-order chi connectivity index (χ0) is 24.2. The lowest BCUT2D eigenvalue weighted by atomic mass is 10.3. The molecule has 180 valence electrons. The highest BCUT2D eigenvalue weighted by Gasteiger charge is 2.32. The average Bonchev–Trinajstić information content (AvgIpc) is 2.75. The molecule has 0 aliphatic heterocycles. The number of hydrogen-bond acceptors (Lipinski definition) is 3. The first-order valence-corrected chi connectivity index (χ1v) is 18.6. The predicted octanol–water partition coefficient (Wildman–Crippen LogP) is 6.17. The monoisotopic (exact) mass is 518 g/mol. The van der Waals surface area contributed by atoms with Crippen LogP contribution in [0.2, 0.25) is 38.3 Å². The Morgan fingerprint density at radius 3 is 1.39 bits per heavy atom. The molecule has 0 fully saturated rings. The molecule has 5 nitrogen and oxygen atoms in total. The summed E-state index contributed by atoms with van der Waals surface area (Å²) in [5.74, 6) is 0. The molecule has 0 aliphatic carbocycles. The van der Waals surface area contributed by atoms with Gasteiger partial charge in [-0.2, -0.15) is 0 Å². The van der Waals surface area contributed by atoms with Gasteiger partial charge in [-0.25, -0.2) is 0 Å². The number of rotatable bonds is 12. The highest BCUT2D eigenvalue weighted by Crippen LogP contribution is 2.23. The molecule has 0 radical (unpaired) electrons. The van der Waals surface area contributed by atoms with Crippen LogP contribution < -0.4 is 21.3 Å². The summed E-state index contributed by atoms with van der Waals surface area (Å²) >= 11 is 10.8. The lowest BCUT2D eigenvalue weighted by Crippen LogP contribution is -2.45. The van der Waals surface area contributed by atoms with Crippen molar-refractivity contribution in [1.82, 2.24) is 10.6 Å². The normalized spacial score (nSPS) is 11.5. The van der Waals surface area contributed by atoms with E-state index >= 15 is 0 Å². The summed E-state index contributed by atoms with van der Waals surface area (Å²) < 4.78 is 6.76. The highest BCUT2D eigenvalue weighted by atomic mass is 32.1. The minimum absolute atomic E-state index is 0.670. The van der Waals surface area contributed by atoms with Gasteiger partial charge in [-0.15, -0.1) is 0 Å². The van der Waals surface area contributed by atoms with Gasteiger partial charge in [-0.05, 0) is 99.8 Å². The third kappa shape index (κ3) is 12.3. The minimum atomic E-state index is -1.72. The lowest BCUT2D eigenvalue weighted by Gasteiger charge is -2.34. The fraction of sp³-hybridized carbons (Fsp3) is 0.417. The molecule has 0 saturated carbocycles. The minimum Gasteiger partial charge on any atom is -0.455 e. The van der Waals surface area contributed by atoms with Crippen LogP contribution in [0.4, 0.5) is 11.4 Å². The molecule has 0 atom stereocenters. The first-order chi connectivity index (χ1) is 15.7. The third-order valence-electron chi connectivity index (χ3n) is 5.10. The second-order valence-corrected chi connectivity index (χ2v) is 19.0. The van der Waals surface area contributed by atoms with Gasteiger partial charge in [0, 0.05) is 24.5 Å². The maximum Gasteiger partial charge on any atom is 0.173 e. The molecule has 2 rings (SSSR count). The van der Waals surface area contributed by atoms with Crippen molar-refractivity contribution in [2.24, 2.45) is 0 Å². The Hall–Kier alpha value is -1.79. The number of nitrogens with one attached hydrogen (secondary N) is 4. The molecule has 2 aromatic rings. The van der Waals surface area contributed by atoms with E-state index < -0.39 is 16.6 Å². The van der Waals surface area contributed by atoms with Gasteiger partial charge >= 0.3 is 0 Å². The van der Waals surface area contributed by atoms with Crippen LogP contribution in [0, 0.1) is 0 Å². The molecule has 0 aromatic heterocycles. The molecule has 2 aromatic carbocycles. The molecular formula is C24H38N4OS2Si2. The molecule has 0 saturated heterocycles. The van der Waals surface area contributed by atoms with Crippen molar-refractivity contribution in [3.63, 3.8) is 0 Å². The molecule has 0 amide bonds. The van der Waals surface area contributed by atoms with Gasteiger partial charge in [-0.1, -0.05) is 36.4 Å². The Morgan fingerprint density at radius 2 is 1.03 bits per heavy atom. The van der Waals surface area contributed by atoms with Crippen LogP contribution in [0.15, 0.2) is 60.7 Å². The second kappa shape index (κ2) is 13.8. The maximum absolute atomic E-state index is 6.76. The van der Waals surface area contributed by atoms with Gasteiger partial charge in [0.25, 0.3) is 0 Å². The van der Waals surface area contributed by atoms with E-state index in [-0.39, 0.29) is 0 Å². The molecule has 9 heteroatoms. The van der Waals surface area contributed by atoms with Crippen molar-refractivity contribution in [2.45, 2.75) is 51.1 Å². The van der Waals surface area contributed by atoms with Crippen molar-refractivity contribution >= 4 is 62.7 Å². The van der Waals surface area contributed by atoms with Crippen molar-refractivity contribution in [3.8, 4) is 0 Å². The van der Waals surface area contributed by atoms with Crippen molar-refractivity contribution < 1.29 is 4.12 Å². The smallest absolute Gasteiger partial charge is 0.173 e. The fourth-order valence-corrected chi connectivity index (χ4v) is 13.0. The van der Waals surface area contributed by atoms with Crippen LogP contribution >= 0.6 is 24.4 Å². The van der Waals surface area contributed by atoms with Gasteiger partial charge in [0.05, 0.1) is 0 Å². The molecule has 0 aliphatic rings. The summed E-state index contributed by atoms with van der Waals surface area (Å²) in [6, 6.07) is 22.2. The van der Waals surface area contributed by atoms with Gasteiger partial charge < -0.3 is 25.4 Å². The zero-order valence-electron chi connectivity index (χ0n) is 20.2. The van der Waals surface area contributed by atoms with E-state index in [2.05, 4.69) is 47.5 Å². The average molecular weight is 519 g/mol. The molecule has 0 bridgehead atoms. The SMILES string of the molecule is C[Si](C)(CCCNC(=S)Nc1ccccc1)O[Si](C)(C)CCCNC(=S)Nc1ccccc1. The van der Waals surface area contributed by atoms with Crippen LogP contribution in [0.1, 0.15) is 12.8 Å². The van der Waals surface area contributed by atoms with E-state index in [0.717, 1.165) is 49.4 Å². The zero-order valence-corrected chi connectivity index (χ0v) is 23.9. The summed E-state index contributed by atoms with van der Waals surface area (Å²) in [5.41, 5.74) is 2.01. The van der Waals surface area contributed by atoms with Gasteiger partial charge in [-0.3, -0.25) is 0 Å². The first kappa shape index (κ1) is 27.5. The number of para-hydroxylation sites is 2. The quantitative estimate of drug-likeness (QED) is 0.152. The van der Waals surface area contributed by atoms with E-state index in [1.807, 2.05) is 60.7 Å². The van der Waals surface area contributed by atoms with Crippen LogP contribution in [0.25, 0.3) is 0 Å². The summed E-state index contributed by atoms with van der Waals surface area (Å²) in [4.78, 5) is 0. The van der Waals surface area contributed by atoms with E-state index in [1.54, 1.807) is 0 Å². The standard InChI is InChI=1S/C24H38N4OS2Si2/c1-32(2,19-11-17-25-23(30)27-21-13-7-5-8-14-21)29-33(3,4)20-12-18-26-24(31)28-22-15-9-6-10-16-22/h5-10,13-16H,11-12,17-20H2,1-4H3,(H2,25,27,30)(H2,26,28,31). The van der Waals surface area contributed by atoms with Gasteiger partial charge in [0.2, 0.25) is 0 Å². The Morgan fingerprint density at radius 1 is 0.667 bits per heavy atom. The maximum atomic E-state index is 6.76. The van der Waals surface area contributed by atoms with Crippen LogP contribution in [0.5, 0.6) is 0 Å². The Labute approximate surface area is 212 Å².